The summed E-state index contributed by atoms with van der Waals surface area (Å²) < 4.78 is 5.40. The van der Waals surface area contributed by atoms with Gasteiger partial charge in [-0.2, -0.15) is 0 Å². The average molecular weight is 302 g/mol. The summed E-state index contributed by atoms with van der Waals surface area (Å²) in [6, 6.07) is 14.6. The van der Waals surface area contributed by atoms with Gasteiger partial charge < -0.3 is 9.72 Å². The number of ether oxygens (including phenoxy) is 1. The lowest BCUT2D eigenvalue weighted by molar-refractivity contribution is 0.415. The minimum absolute atomic E-state index is 0.868. The number of nitrogens with zero attached hydrogens (tertiary/aromatic N) is 1. The minimum atomic E-state index is 0.868. The molecule has 4 rings (SSSR count). The molecule has 0 fully saturated rings. The summed E-state index contributed by atoms with van der Waals surface area (Å²) >= 11 is 0. The van der Waals surface area contributed by atoms with Gasteiger partial charge in [-0.15, -0.1) is 0 Å². The van der Waals surface area contributed by atoms with Gasteiger partial charge in [0.2, 0.25) is 0 Å². The van der Waals surface area contributed by atoms with Crippen LogP contribution in [0.3, 0.4) is 0 Å². The van der Waals surface area contributed by atoms with Crippen LogP contribution >= 0.6 is 0 Å². The molecule has 0 amide bonds. The van der Waals surface area contributed by atoms with Crippen molar-refractivity contribution in [2.24, 2.45) is 0 Å². The quantitative estimate of drug-likeness (QED) is 0.565. The van der Waals surface area contributed by atoms with Crippen molar-refractivity contribution in [2.75, 3.05) is 7.11 Å². The summed E-state index contributed by atoms with van der Waals surface area (Å²) in [7, 11) is 1.70. The molecule has 4 aromatic rings. The van der Waals surface area contributed by atoms with Gasteiger partial charge in [0.1, 0.15) is 5.75 Å². The fourth-order valence-corrected chi connectivity index (χ4v) is 3.32. The number of pyridine rings is 1. The van der Waals surface area contributed by atoms with E-state index in [1.165, 1.54) is 27.5 Å². The average Bonchev–Trinajstić information content (AvgIpc) is 2.89. The van der Waals surface area contributed by atoms with E-state index in [4.69, 9.17) is 4.74 Å². The Bertz CT molecular complexity index is 1030. The van der Waals surface area contributed by atoms with Crippen molar-refractivity contribution in [2.45, 2.75) is 13.8 Å². The van der Waals surface area contributed by atoms with Crippen molar-refractivity contribution in [3.63, 3.8) is 0 Å². The van der Waals surface area contributed by atoms with Crippen LogP contribution in [0.15, 0.2) is 48.7 Å². The van der Waals surface area contributed by atoms with Crippen molar-refractivity contribution in [3.8, 4) is 16.9 Å². The third-order valence-electron chi connectivity index (χ3n) is 4.44. The Labute approximate surface area is 134 Å². The maximum absolute atomic E-state index is 5.40. The number of hydrogen-bond donors (Lipinski definition) is 1. The Morgan fingerprint density at radius 2 is 1.87 bits per heavy atom. The van der Waals surface area contributed by atoms with E-state index in [2.05, 4.69) is 60.2 Å². The van der Waals surface area contributed by atoms with Crippen LogP contribution in [0, 0.1) is 13.8 Å². The molecule has 0 spiro atoms. The van der Waals surface area contributed by atoms with Gasteiger partial charge in [0, 0.05) is 33.7 Å². The third kappa shape index (κ3) is 2.08. The SMILES string of the molecule is COc1ccc2[nH]c(C)c(-c3ccnc4c(C)cccc34)c2c1. The first kappa shape index (κ1) is 13.8. The van der Waals surface area contributed by atoms with Crippen molar-refractivity contribution in [1.29, 1.82) is 0 Å². The highest BCUT2D eigenvalue weighted by atomic mass is 16.5. The Morgan fingerprint density at radius 1 is 1.00 bits per heavy atom. The molecular formula is C20H18N2O. The van der Waals surface area contributed by atoms with Crippen LogP contribution < -0.4 is 4.74 Å². The second kappa shape index (κ2) is 5.13. The molecule has 0 aliphatic carbocycles. The highest BCUT2D eigenvalue weighted by Gasteiger charge is 2.14. The van der Waals surface area contributed by atoms with Gasteiger partial charge in [-0.25, -0.2) is 0 Å². The van der Waals surface area contributed by atoms with E-state index in [9.17, 15) is 0 Å². The Hall–Kier alpha value is -2.81. The number of fused-ring (bicyclic) bond motifs is 2. The largest absolute Gasteiger partial charge is 0.497 e. The van der Waals surface area contributed by atoms with Crippen LogP contribution in [0.4, 0.5) is 0 Å². The zero-order valence-electron chi connectivity index (χ0n) is 13.5. The number of aryl methyl sites for hydroxylation is 2. The molecule has 0 aliphatic rings. The van der Waals surface area contributed by atoms with Gasteiger partial charge in [-0.05, 0) is 49.2 Å². The van der Waals surface area contributed by atoms with Gasteiger partial charge in [0.05, 0.1) is 12.6 Å². The fraction of sp³-hybridized carbons (Fsp3) is 0.150. The minimum Gasteiger partial charge on any atom is -0.497 e. The van der Waals surface area contributed by atoms with E-state index in [0.29, 0.717) is 0 Å². The summed E-state index contributed by atoms with van der Waals surface area (Å²) in [5.41, 5.74) is 6.95. The summed E-state index contributed by atoms with van der Waals surface area (Å²) in [4.78, 5) is 8.04. The number of para-hydroxylation sites is 1. The normalized spacial score (nSPS) is 11.3. The molecule has 114 valence electrons. The second-order valence-electron chi connectivity index (χ2n) is 5.87. The molecule has 1 N–H and O–H groups in total. The Balaban J connectivity index is 2.10. The van der Waals surface area contributed by atoms with Gasteiger partial charge in [0.15, 0.2) is 0 Å². The van der Waals surface area contributed by atoms with E-state index >= 15 is 0 Å². The summed E-state index contributed by atoms with van der Waals surface area (Å²) in [6.07, 6.45) is 1.89. The Morgan fingerprint density at radius 3 is 2.70 bits per heavy atom. The van der Waals surface area contributed by atoms with E-state index in [-0.39, 0.29) is 0 Å². The van der Waals surface area contributed by atoms with Gasteiger partial charge in [-0.3, -0.25) is 4.98 Å². The Kier molecular flexibility index (Phi) is 3.08. The number of benzene rings is 2. The van der Waals surface area contributed by atoms with Crippen LogP contribution in [0.5, 0.6) is 5.75 Å². The molecule has 2 heterocycles. The number of H-pyrrole nitrogens is 1. The maximum Gasteiger partial charge on any atom is 0.119 e. The van der Waals surface area contributed by atoms with Crippen LogP contribution in [-0.2, 0) is 0 Å². The first-order valence-corrected chi connectivity index (χ1v) is 7.70. The number of methoxy groups -OCH3 is 1. The maximum atomic E-state index is 5.40. The molecule has 0 unspecified atom stereocenters. The fourth-order valence-electron chi connectivity index (χ4n) is 3.32. The van der Waals surface area contributed by atoms with Crippen LogP contribution in [0.2, 0.25) is 0 Å². The molecule has 0 bridgehead atoms. The standard InChI is InChI=1S/C20H18N2O/c1-12-5-4-6-16-15(9-10-21-20(12)16)19-13(2)22-18-8-7-14(23-3)11-17(18)19/h4-11,22H,1-3H3. The number of hydrogen-bond acceptors (Lipinski definition) is 2. The first-order valence-electron chi connectivity index (χ1n) is 7.70. The molecular weight excluding hydrogens is 284 g/mol. The van der Waals surface area contributed by atoms with E-state index < -0.39 is 0 Å². The van der Waals surface area contributed by atoms with Gasteiger partial charge in [-0.1, -0.05) is 18.2 Å². The summed E-state index contributed by atoms with van der Waals surface area (Å²) in [5, 5.41) is 2.36. The molecule has 3 heteroatoms. The van der Waals surface area contributed by atoms with E-state index in [1.807, 2.05) is 12.3 Å². The molecule has 2 aromatic carbocycles. The lowest BCUT2D eigenvalue weighted by atomic mass is 9.97. The molecule has 2 aromatic heterocycles. The van der Waals surface area contributed by atoms with E-state index in [0.717, 1.165) is 22.5 Å². The number of aromatic amines is 1. The predicted octanol–water partition coefficient (Wildman–Crippen LogP) is 5.01. The van der Waals surface area contributed by atoms with Crippen molar-refractivity contribution in [1.82, 2.24) is 9.97 Å². The molecule has 3 nitrogen and oxygen atoms in total. The van der Waals surface area contributed by atoms with Gasteiger partial charge in [0.25, 0.3) is 0 Å². The second-order valence-corrected chi connectivity index (χ2v) is 5.87. The van der Waals surface area contributed by atoms with E-state index in [1.54, 1.807) is 7.11 Å². The number of rotatable bonds is 2. The predicted molar refractivity (Wildman–Crippen MR) is 95.1 cm³/mol. The zero-order chi connectivity index (χ0) is 16.0. The summed E-state index contributed by atoms with van der Waals surface area (Å²) in [5.74, 6) is 0.868. The molecule has 0 radical (unpaired) electrons. The lowest BCUT2D eigenvalue weighted by Crippen LogP contribution is -1.88. The van der Waals surface area contributed by atoms with Gasteiger partial charge >= 0.3 is 0 Å². The molecule has 0 atom stereocenters. The van der Waals surface area contributed by atoms with Crippen LogP contribution in [0.25, 0.3) is 32.9 Å². The smallest absolute Gasteiger partial charge is 0.119 e. The van der Waals surface area contributed by atoms with Crippen molar-refractivity contribution in [3.05, 3.63) is 59.9 Å². The summed E-state index contributed by atoms with van der Waals surface area (Å²) in [6.45, 7) is 4.22. The molecule has 0 saturated carbocycles. The molecule has 0 aliphatic heterocycles. The number of aromatic nitrogens is 2. The topological polar surface area (TPSA) is 37.9 Å². The lowest BCUT2D eigenvalue weighted by Gasteiger charge is -2.09. The van der Waals surface area contributed by atoms with Crippen molar-refractivity contribution >= 4 is 21.8 Å². The molecule has 23 heavy (non-hydrogen) atoms. The van der Waals surface area contributed by atoms with Crippen molar-refractivity contribution < 1.29 is 4.74 Å². The first-order chi connectivity index (χ1) is 11.2. The van der Waals surface area contributed by atoms with Crippen LogP contribution in [0.1, 0.15) is 11.3 Å². The highest BCUT2D eigenvalue weighted by molar-refractivity contribution is 6.06. The monoisotopic (exact) mass is 302 g/mol. The van der Waals surface area contributed by atoms with Crippen LogP contribution in [-0.4, -0.2) is 17.1 Å². The zero-order valence-corrected chi connectivity index (χ0v) is 13.5. The molecule has 0 saturated heterocycles. The highest BCUT2D eigenvalue weighted by Crippen LogP contribution is 2.37. The third-order valence-corrected chi connectivity index (χ3v) is 4.44. The number of nitrogens with one attached hydrogen (secondary N) is 1.